The van der Waals surface area contributed by atoms with E-state index in [1.165, 1.54) is 43.6 Å². The number of benzene rings is 1. The molecule has 0 aromatic heterocycles. The molecule has 1 atom stereocenters. The molecule has 1 aromatic carbocycles. The molecule has 2 heteroatoms. The van der Waals surface area contributed by atoms with Crippen LogP contribution >= 0.6 is 0 Å². The van der Waals surface area contributed by atoms with E-state index in [1.54, 1.807) is 9.80 Å². The van der Waals surface area contributed by atoms with Crippen molar-refractivity contribution in [2.24, 2.45) is 0 Å². The molecule has 0 saturated carbocycles. The van der Waals surface area contributed by atoms with E-state index in [1.807, 2.05) is 0 Å². The van der Waals surface area contributed by atoms with Gasteiger partial charge >= 0.3 is 0 Å². The van der Waals surface area contributed by atoms with Crippen LogP contribution in [0.5, 0.6) is 0 Å². The van der Waals surface area contributed by atoms with Gasteiger partial charge in [-0.2, -0.15) is 0 Å². The second-order valence-electron chi connectivity index (χ2n) is 6.16. The molecule has 0 spiro atoms. The maximum Gasteiger partial charge on any atom is 0.0988 e. The Morgan fingerprint density at radius 1 is 1.26 bits per heavy atom. The lowest BCUT2D eigenvalue weighted by Gasteiger charge is -2.30. The third-order valence-corrected chi connectivity index (χ3v) is 4.31. The lowest BCUT2D eigenvalue weighted by atomic mass is 10.0. The number of piperidine rings is 1. The van der Waals surface area contributed by atoms with Gasteiger partial charge in [-0.3, -0.25) is 0 Å². The van der Waals surface area contributed by atoms with Crippen LogP contribution in [0.2, 0.25) is 0 Å². The molecule has 0 bridgehead atoms. The van der Waals surface area contributed by atoms with Gasteiger partial charge < -0.3 is 9.80 Å². The first-order chi connectivity index (χ1) is 9.15. The van der Waals surface area contributed by atoms with Crippen molar-refractivity contribution in [3.8, 4) is 0 Å². The fourth-order valence-electron chi connectivity index (χ4n) is 3.07. The highest BCUT2D eigenvalue weighted by Crippen LogP contribution is 2.05. The predicted octanol–water partition coefficient (Wildman–Crippen LogP) is 0.282. The smallest absolute Gasteiger partial charge is 0.0988 e. The fourth-order valence-corrected chi connectivity index (χ4v) is 3.07. The minimum Gasteiger partial charge on any atom is -0.337 e. The number of rotatable bonds is 4. The minimum atomic E-state index is 0.850. The summed E-state index contributed by atoms with van der Waals surface area (Å²) in [4.78, 5) is 3.37. The first kappa shape index (κ1) is 14.3. The van der Waals surface area contributed by atoms with E-state index in [0.717, 1.165) is 6.04 Å². The predicted molar refractivity (Wildman–Crippen MR) is 81.5 cm³/mol. The summed E-state index contributed by atoms with van der Waals surface area (Å²) in [5.41, 5.74) is 2.80. The third-order valence-electron chi connectivity index (χ3n) is 4.31. The number of likely N-dealkylation sites (N-methyl/N-ethyl adjacent to an activating group) is 1. The van der Waals surface area contributed by atoms with Crippen molar-refractivity contribution in [1.82, 2.24) is 0 Å². The van der Waals surface area contributed by atoms with Crippen molar-refractivity contribution in [2.75, 3.05) is 33.7 Å². The van der Waals surface area contributed by atoms with Gasteiger partial charge in [0.15, 0.2) is 0 Å². The Morgan fingerprint density at radius 2 is 1.89 bits per heavy atom. The molecule has 0 radical (unpaired) electrons. The standard InChI is InChI=1S/C17H26N2/c1-15(13-16-7-5-4-6-8-16)14-19(3)17-9-11-18(2)12-10-17/h4-8,13,17H,9-12,14H2,1-3H3/p+2/b15-13-. The first-order valence-corrected chi connectivity index (χ1v) is 7.51. The van der Waals surface area contributed by atoms with Gasteiger partial charge in [0.25, 0.3) is 0 Å². The van der Waals surface area contributed by atoms with Gasteiger partial charge in [-0.1, -0.05) is 36.4 Å². The molecule has 0 aliphatic carbocycles. The molecule has 1 aliphatic heterocycles. The first-order valence-electron chi connectivity index (χ1n) is 7.51. The van der Waals surface area contributed by atoms with E-state index in [-0.39, 0.29) is 0 Å². The Labute approximate surface area is 117 Å². The van der Waals surface area contributed by atoms with E-state index in [9.17, 15) is 0 Å². The topological polar surface area (TPSA) is 8.88 Å². The van der Waals surface area contributed by atoms with Crippen molar-refractivity contribution in [1.29, 1.82) is 0 Å². The Morgan fingerprint density at radius 3 is 2.53 bits per heavy atom. The second kappa shape index (κ2) is 6.88. The lowest BCUT2D eigenvalue weighted by molar-refractivity contribution is -0.936. The molecular weight excluding hydrogens is 232 g/mol. The quantitative estimate of drug-likeness (QED) is 0.770. The highest BCUT2D eigenvalue weighted by atomic mass is 15.2. The Bertz CT molecular complexity index is 403. The molecule has 1 saturated heterocycles. The van der Waals surface area contributed by atoms with Crippen molar-refractivity contribution in [2.45, 2.75) is 25.8 Å². The van der Waals surface area contributed by atoms with Crippen LogP contribution in [0.15, 0.2) is 35.9 Å². The number of hydrogen-bond donors (Lipinski definition) is 2. The van der Waals surface area contributed by atoms with Crippen LogP contribution in [0.25, 0.3) is 6.08 Å². The molecule has 1 heterocycles. The van der Waals surface area contributed by atoms with E-state index < -0.39 is 0 Å². The number of hydrogen-bond acceptors (Lipinski definition) is 0. The van der Waals surface area contributed by atoms with Crippen molar-refractivity contribution < 1.29 is 9.80 Å². The molecule has 1 unspecified atom stereocenters. The number of quaternary nitrogens is 2. The van der Waals surface area contributed by atoms with Crippen molar-refractivity contribution >= 4 is 6.08 Å². The zero-order chi connectivity index (χ0) is 13.7. The largest absolute Gasteiger partial charge is 0.337 e. The summed E-state index contributed by atoms with van der Waals surface area (Å²) in [6, 6.07) is 11.5. The highest BCUT2D eigenvalue weighted by Gasteiger charge is 2.25. The highest BCUT2D eigenvalue weighted by molar-refractivity contribution is 5.52. The average Bonchev–Trinajstić information content (AvgIpc) is 2.40. The summed E-state index contributed by atoms with van der Waals surface area (Å²) in [6.07, 6.45) is 5.07. The monoisotopic (exact) mass is 260 g/mol. The summed E-state index contributed by atoms with van der Waals surface area (Å²) in [6.45, 7) is 6.10. The third kappa shape index (κ3) is 4.48. The van der Waals surface area contributed by atoms with Gasteiger partial charge in [-0.15, -0.1) is 0 Å². The molecule has 19 heavy (non-hydrogen) atoms. The minimum absolute atomic E-state index is 0.850. The van der Waals surface area contributed by atoms with Gasteiger partial charge in [0, 0.05) is 12.8 Å². The fraction of sp³-hybridized carbons (Fsp3) is 0.529. The summed E-state index contributed by atoms with van der Waals surface area (Å²) < 4.78 is 0. The van der Waals surface area contributed by atoms with Gasteiger partial charge in [0.1, 0.15) is 0 Å². The average molecular weight is 260 g/mol. The Kier molecular flexibility index (Phi) is 5.17. The molecule has 2 nitrogen and oxygen atoms in total. The number of nitrogens with one attached hydrogen (secondary N) is 2. The zero-order valence-electron chi connectivity index (χ0n) is 12.6. The molecular formula is C17H28N2+2. The van der Waals surface area contributed by atoms with Gasteiger partial charge in [-0.05, 0) is 18.1 Å². The van der Waals surface area contributed by atoms with Gasteiger partial charge in [0.05, 0.1) is 39.8 Å². The zero-order valence-corrected chi connectivity index (χ0v) is 12.6. The van der Waals surface area contributed by atoms with Crippen LogP contribution in [-0.2, 0) is 0 Å². The second-order valence-corrected chi connectivity index (χ2v) is 6.16. The van der Waals surface area contributed by atoms with E-state index in [2.05, 4.69) is 57.4 Å². The van der Waals surface area contributed by atoms with E-state index in [4.69, 9.17) is 0 Å². The summed E-state index contributed by atoms with van der Waals surface area (Å²) in [7, 11) is 4.67. The van der Waals surface area contributed by atoms with Crippen LogP contribution in [-0.4, -0.2) is 39.8 Å². The Hall–Kier alpha value is -1.12. The van der Waals surface area contributed by atoms with Crippen LogP contribution < -0.4 is 9.80 Å². The Balaban J connectivity index is 1.88. The van der Waals surface area contributed by atoms with Crippen molar-refractivity contribution in [3.63, 3.8) is 0 Å². The molecule has 1 aliphatic rings. The van der Waals surface area contributed by atoms with E-state index in [0.29, 0.717) is 0 Å². The van der Waals surface area contributed by atoms with Crippen LogP contribution in [0.1, 0.15) is 25.3 Å². The van der Waals surface area contributed by atoms with E-state index >= 15 is 0 Å². The molecule has 0 amide bonds. The maximum absolute atomic E-state index is 2.35. The SMILES string of the molecule is C/C(=C/c1ccccc1)C[NH+](C)C1CC[NH+](C)CC1. The molecule has 2 N–H and O–H groups in total. The molecule has 1 aromatic rings. The van der Waals surface area contributed by atoms with Crippen LogP contribution in [0, 0.1) is 0 Å². The molecule has 104 valence electrons. The molecule has 1 fully saturated rings. The van der Waals surface area contributed by atoms with Crippen LogP contribution in [0.3, 0.4) is 0 Å². The summed E-state index contributed by atoms with van der Waals surface area (Å²) >= 11 is 0. The summed E-state index contributed by atoms with van der Waals surface area (Å²) in [5, 5.41) is 0. The van der Waals surface area contributed by atoms with Crippen LogP contribution in [0.4, 0.5) is 0 Å². The van der Waals surface area contributed by atoms with Crippen molar-refractivity contribution in [3.05, 3.63) is 41.5 Å². The lowest BCUT2D eigenvalue weighted by Crippen LogP contribution is -3.18. The normalized spacial score (nSPS) is 26.2. The number of likely N-dealkylation sites (tertiary alicyclic amines) is 1. The molecule has 2 rings (SSSR count). The van der Waals surface area contributed by atoms with Gasteiger partial charge in [0.2, 0.25) is 0 Å². The summed E-state index contributed by atoms with van der Waals surface area (Å²) in [5.74, 6) is 0. The maximum atomic E-state index is 2.35. The van der Waals surface area contributed by atoms with Gasteiger partial charge in [-0.25, -0.2) is 0 Å².